The second-order valence-electron chi connectivity index (χ2n) is 26.6. The molecule has 0 bridgehead atoms. The summed E-state index contributed by atoms with van der Waals surface area (Å²) in [5.41, 5.74) is 0. The summed E-state index contributed by atoms with van der Waals surface area (Å²) in [4.78, 5) is 38.2. The molecule has 2 atom stereocenters. The average Bonchev–Trinajstić information content (AvgIpc) is 2.54. The van der Waals surface area contributed by atoms with E-state index in [0.29, 0.717) is 17.4 Å². The smallest absolute Gasteiger partial charge is 0.306 e. The molecule has 0 aromatic carbocycles. The number of carbonyl (C=O) groups excluding carboxylic acids is 2. The molecule has 0 spiro atoms. The second-order valence-corrected chi connectivity index (χ2v) is 28.0. The minimum atomic E-state index is -4.65. The van der Waals surface area contributed by atoms with Crippen LogP contribution >= 0.6 is 7.82 Å². The van der Waals surface area contributed by atoms with Gasteiger partial charge in [0.25, 0.3) is 7.82 Å². The Kier molecular flexibility index (Phi) is 71.0. The van der Waals surface area contributed by atoms with Crippen LogP contribution in [0.3, 0.4) is 0 Å². The van der Waals surface area contributed by atoms with Crippen LogP contribution < -0.4 is 4.89 Å². The number of phosphoric ester groups is 1. The molecular weight excluding hydrogens is 1210 g/mol. The Morgan fingerprint density at radius 2 is 0.562 bits per heavy atom. The summed E-state index contributed by atoms with van der Waals surface area (Å²) < 4.78 is 34.4. The van der Waals surface area contributed by atoms with Crippen LogP contribution in [0, 0.1) is 0 Å². The average molecular weight is 1350 g/mol. The van der Waals surface area contributed by atoms with Gasteiger partial charge in [0.15, 0.2) is 6.10 Å². The Labute approximate surface area is 591 Å². The third kappa shape index (κ3) is 78.4. The Hall–Kier alpha value is -4.63. The number of nitrogens with zero attached hydrogens (tertiary/aromatic N) is 1. The summed E-state index contributed by atoms with van der Waals surface area (Å²) >= 11 is 0. The maximum atomic E-state index is 12.9. The predicted molar refractivity (Wildman–Crippen MR) is 415 cm³/mol. The molecule has 0 rings (SSSR count). The summed E-state index contributed by atoms with van der Waals surface area (Å²) in [6.45, 7) is 4.02. The van der Waals surface area contributed by atoms with Crippen molar-refractivity contribution in [3.8, 4) is 0 Å². The zero-order valence-corrected chi connectivity index (χ0v) is 63.2. The number of rotatable bonds is 70. The summed E-state index contributed by atoms with van der Waals surface area (Å²) in [6.07, 6.45) is 113. The lowest BCUT2D eigenvalue weighted by Crippen LogP contribution is -2.37. The molecule has 0 heterocycles. The van der Waals surface area contributed by atoms with E-state index in [0.717, 1.165) is 128 Å². The number of allylic oxidation sites excluding steroid dienone is 28. The van der Waals surface area contributed by atoms with Crippen molar-refractivity contribution >= 4 is 19.8 Å². The van der Waals surface area contributed by atoms with Crippen LogP contribution in [0.2, 0.25) is 0 Å². The first-order valence-corrected chi connectivity index (χ1v) is 40.3. The van der Waals surface area contributed by atoms with E-state index in [-0.39, 0.29) is 32.0 Å². The van der Waals surface area contributed by atoms with Gasteiger partial charge < -0.3 is 27.9 Å². The molecule has 96 heavy (non-hydrogen) atoms. The number of phosphoric acid groups is 1. The highest BCUT2D eigenvalue weighted by Crippen LogP contribution is 2.38. The maximum absolute atomic E-state index is 12.9. The zero-order valence-electron chi connectivity index (χ0n) is 62.3. The highest BCUT2D eigenvalue weighted by molar-refractivity contribution is 7.45. The molecule has 0 radical (unpaired) electrons. The number of hydrogen-bond acceptors (Lipinski definition) is 8. The number of carbonyl (C=O) groups is 2. The van der Waals surface area contributed by atoms with Crippen LogP contribution in [0.25, 0.3) is 0 Å². The molecule has 0 aromatic heterocycles. The molecule has 0 aliphatic rings. The van der Waals surface area contributed by atoms with Gasteiger partial charge in [0.05, 0.1) is 27.7 Å². The monoisotopic (exact) mass is 1350 g/mol. The summed E-state index contributed by atoms with van der Waals surface area (Å²) in [6, 6.07) is 0. The molecule has 0 fully saturated rings. The van der Waals surface area contributed by atoms with Crippen molar-refractivity contribution in [2.75, 3.05) is 47.5 Å². The number of ether oxygens (including phenoxy) is 2. The number of quaternary nitrogens is 1. The molecule has 546 valence electrons. The van der Waals surface area contributed by atoms with Crippen LogP contribution in [-0.2, 0) is 32.7 Å². The molecule has 10 heteroatoms. The number of esters is 2. The van der Waals surface area contributed by atoms with E-state index in [1.807, 2.05) is 21.1 Å². The van der Waals surface area contributed by atoms with Crippen molar-refractivity contribution in [2.24, 2.45) is 0 Å². The molecule has 2 unspecified atom stereocenters. The van der Waals surface area contributed by atoms with E-state index >= 15 is 0 Å². The molecule has 0 aromatic rings. The van der Waals surface area contributed by atoms with E-state index in [9.17, 15) is 19.0 Å². The van der Waals surface area contributed by atoms with Gasteiger partial charge in [-0.3, -0.25) is 14.2 Å². The minimum Gasteiger partial charge on any atom is -0.756 e. The Bertz CT molecular complexity index is 2230. The van der Waals surface area contributed by atoms with Gasteiger partial charge in [0, 0.05) is 12.8 Å². The standard InChI is InChI=1S/C86H144NO8P/c1-6-8-10-12-14-16-18-20-22-24-26-28-30-32-34-36-38-39-40-41-42-43-44-45-46-47-49-51-53-55-57-59-61-63-65-67-69-71-73-75-77-79-86(89)95-84(83-94-96(90,91)93-81-80-87(3,4)5)82-92-85(88)78-76-74-72-70-68-66-64-62-60-58-56-54-52-50-48-37-35-33-31-29-27-25-23-21-19-17-15-13-11-9-7-2/h8-11,14-17,20-23,26-29,32-35,38-39,41-42,44-45,47,49,84H,6-7,12-13,18-19,24-25,30-31,36-37,40,43,46,48,50-83H2,1-5H3/b10-8-,11-9-,16-14-,17-15-,22-20-,23-21-,28-26-,29-27-,34-32-,35-33-,39-38-,42-41-,45-44-,49-47-. The largest absolute Gasteiger partial charge is 0.756 e. The van der Waals surface area contributed by atoms with Crippen molar-refractivity contribution in [1.29, 1.82) is 0 Å². The lowest BCUT2D eigenvalue weighted by Gasteiger charge is -2.28. The van der Waals surface area contributed by atoms with Crippen molar-refractivity contribution in [3.05, 3.63) is 170 Å². The van der Waals surface area contributed by atoms with Gasteiger partial charge in [0.2, 0.25) is 0 Å². The lowest BCUT2D eigenvalue weighted by molar-refractivity contribution is -0.870. The number of hydrogen-bond donors (Lipinski definition) is 0. The fourth-order valence-corrected chi connectivity index (χ4v) is 11.1. The third-order valence-electron chi connectivity index (χ3n) is 16.2. The normalized spacial score (nSPS) is 14.0. The van der Waals surface area contributed by atoms with Crippen molar-refractivity contribution in [1.82, 2.24) is 0 Å². The van der Waals surface area contributed by atoms with Gasteiger partial charge in [-0.25, -0.2) is 0 Å². The minimum absolute atomic E-state index is 0.0371. The van der Waals surface area contributed by atoms with Crippen molar-refractivity contribution in [3.63, 3.8) is 0 Å². The molecule has 0 aliphatic heterocycles. The predicted octanol–water partition coefficient (Wildman–Crippen LogP) is 25.4. The third-order valence-corrected chi connectivity index (χ3v) is 17.2. The first-order valence-electron chi connectivity index (χ1n) is 38.8. The molecule has 0 saturated carbocycles. The van der Waals surface area contributed by atoms with E-state index in [1.54, 1.807) is 0 Å². The quantitative estimate of drug-likeness (QED) is 0.0195. The van der Waals surface area contributed by atoms with Crippen molar-refractivity contribution < 1.29 is 42.1 Å². The highest BCUT2D eigenvalue weighted by atomic mass is 31.2. The van der Waals surface area contributed by atoms with Gasteiger partial charge in [-0.05, 0) is 128 Å². The summed E-state index contributed by atoms with van der Waals surface area (Å²) in [5, 5.41) is 0. The fourth-order valence-electron chi connectivity index (χ4n) is 10.4. The fraction of sp³-hybridized carbons (Fsp3) is 0.651. The van der Waals surface area contributed by atoms with E-state index < -0.39 is 26.5 Å². The first-order chi connectivity index (χ1) is 47.0. The summed E-state index contributed by atoms with van der Waals surface area (Å²) in [5.74, 6) is -0.835. The Balaban J connectivity index is 4.03. The number of unbranched alkanes of at least 4 members (excludes halogenated alkanes) is 28. The Morgan fingerprint density at radius 3 is 0.833 bits per heavy atom. The van der Waals surface area contributed by atoms with Crippen LogP contribution in [-0.4, -0.2) is 70.0 Å². The van der Waals surface area contributed by atoms with Crippen LogP contribution in [0.4, 0.5) is 0 Å². The second kappa shape index (κ2) is 74.6. The molecular formula is C86H144NO8P. The van der Waals surface area contributed by atoms with Gasteiger partial charge in [-0.15, -0.1) is 0 Å². The van der Waals surface area contributed by atoms with Crippen LogP contribution in [0.5, 0.6) is 0 Å². The zero-order chi connectivity index (χ0) is 69.7. The van der Waals surface area contributed by atoms with Gasteiger partial charge in [0.1, 0.15) is 19.8 Å². The SMILES string of the molecule is CC/C=C\C/C=C\C/C=C\C/C=C\C/C=C\C/C=C\C/C=C\C/C=C\C/C=C\CCCCCCCCCCCCCCCC(=O)OC(COC(=O)CCCCCCCCCCCCCCCCC/C=C\C/C=C\C/C=C\C/C=C\C/C=C\CC)COP(=O)([O-])OCC[N+](C)(C)C. The summed E-state index contributed by atoms with van der Waals surface area (Å²) in [7, 11) is 1.16. The van der Waals surface area contributed by atoms with E-state index in [4.69, 9.17) is 18.5 Å². The molecule has 0 N–H and O–H groups in total. The first kappa shape index (κ1) is 91.4. The van der Waals surface area contributed by atoms with Crippen LogP contribution in [0.1, 0.15) is 309 Å². The Morgan fingerprint density at radius 1 is 0.323 bits per heavy atom. The molecule has 9 nitrogen and oxygen atoms in total. The van der Waals surface area contributed by atoms with Gasteiger partial charge in [-0.1, -0.05) is 338 Å². The number of likely N-dealkylation sites (N-methyl/N-ethyl adjacent to an activating group) is 1. The molecule has 0 amide bonds. The van der Waals surface area contributed by atoms with Gasteiger partial charge >= 0.3 is 11.9 Å². The van der Waals surface area contributed by atoms with E-state index in [2.05, 4.69) is 184 Å². The topological polar surface area (TPSA) is 111 Å². The lowest BCUT2D eigenvalue weighted by atomic mass is 10.0. The van der Waals surface area contributed by atoms with E-state index in [1.165, 1.54) is 148 Å². The molecule has 0 saturated heterocycles. The molecule has 0 aliphatic carbocycles. The van der Waals surface area contributed by atoms with Gasteiger partial charge in [-0.2, -0.15) is 0 Å². The van der Waals surface area contributed by atoms with Crippen molar-refractivity contribution in [2.45, 2.75) is 315 Å². The maximum Gasteiger partial charge on any atom is 0.306 e. The highest BCUT2D eigenvalue weighted by Gasteiger charge is 2.22. The van der Waals surface area contributed by atoms with Crippen LogP contribution in [0.15, 0.2) is 170 Å².